The molecule has 0 atom stereocenters. The van der Waals surface area contributed by atoms with Crippen LogP contribution in [0.1, 0.15) is 22.5 Å². The highest BCUT2D eigenvalue weighted by molar-refractivity contribution is 6.04. The molecule has 1 aliphatic heterocycles. The van der Waals surface area contributed by atoms with Crippen molar-refractivity contribution < 1.29 is 18.0 Å². The highest BCUT2D eigenvalue weighted by atomic mass is 19.4. The number of rotatable bonds is 3. The van der Waals surface area contributed by atoms with Gasteiger partial charge in [0.2, 0.25) is 0 Å². The van der Waals surface area contributed by atoms with E-state index in [1.807, 2.05) is 12.1 Å². The Bertz CT molecular complexity index is 1020. The number of anilines is 2. The van der Waals surface area contributed by atoms with Crippen LogP contribution in [0, 0.1) is 0 Å². The molecule has 1 amide bonds. The molecule has 0 spiro atoms. The van der Waals surface area contributed by atoms with Gasteiger partial charge in [-0.25, -0.2) is 4.52 Å². The first kappa shape index (κ1) is 19.3. The molecule has 1 aliphatic rings. The van der Waals surface area contributed by atoms with E-state index in [1.165, 1.54) is 22.7 Å². The number of carbonyl (C=O) groups is 1. The van der Waals surface area contributed by atoms with Crippen LogP contribution in [0.15, 0.2) is 48.5 Å². The quantitative estimate of drug-likeness (QED) is 0.704. The third kappa shape index (κ3) is 4.04. The van der Waals surface area contributed by atoms with E-state index in [1.54, 1.807) is 12.1 Å². The van der Waals surface area contributed by atoms with Gasteiger partial charge in [-0.3, -0.25) is 4.79 Å². The molecule has 29 heavy (non-hydrogen) atoms. The summed E-state index contributed by atoms with van der Waals surface area (Å²) in [6, 6.07) is 11.9. The van der Waals surface area contributed by atoms with Crippen LogP contribution in [0.2, 0.25) is 0 Å². The van der Waals surface area contributed by atoms with Gasteiger partial charge in [-0.05, 0) is 49.4 Å². The first-order chi connectivity index (χ1) is 13.9. The molecule has 0 unspecified atom stereocenters. The van der Waals surface area contributed by atoms with Gasteiger partial charge in [-0.15, -0.1) is 5.10 Å². The van der Waals surface area contributed by atoms with Crippen molar-refractivity contribution in [3.05, 3.63) is 59.8 Å². The van der Waals surface area contributed by atoms with Gasteiger partial charge < -0.3 is 15.5 Å². The smallest absolute Gasteiger partial charge is 0.354 e. The summed E-state index contributed by atoms with van der Waals surface area (Å²) in [4.78, 5) is 14.9. The second-order valence-corrected chi connectivity index (χ2v) is 6.83. The first-order valence-electron chi connectivity index (χ1n) is 9.35. The lowest BCUT2D eigenvalue weighted by molar-refractivity contribution is -0.136. The minimum Gasteiger partial charge on any atom is -0.354 e. The van der Waals surface area contributed by atoms with Crippen molar-refractivity contribution >= 4 is 22.9 Å². The molecule has 9 heteroatoms. The highest BCUT2D eigenvalue weighted by Gasteiger charge is 2.33. The fourth-order valence-corrected chi connectivity index (χ4v) is 3.42. The summed E-state index contributed by atoms with van der Waals surface area (Å²) in [6.45, 7) is 3.41. The number of para-hydroxylation sites is 1. The first-order valence-corrected chi connectivity index (χ1v) is 9.35. The van der Waals surface area contributed by atoms with E-state index in [2.05, 4.69) is 20.6 Å². The second kappa shape index (κ2) is 7.75. The fourth-order valence-electron chi connectivity index (χ4n) is 3.42. The predicted octanol–water partition coefficient (Wildman–Crippen LogP) is 3.41. The second-order valence-electron chi connectivity index (χ2n) is 6.83. The van der Waals surface area contributed by atoms with Gasteiger partial charge in [0.25, 0.3) is 5.91 Å². The molecule has 1 fully saturated rings. The average Bonchev–Trinajstić information content (AvgIpc) is 2.92. The Hall–Kier alpha value is -3.07. The predicted molar refractivity (Wildman–Crippen MR) is 104 cm³/mol. The van der Waals surface area contributed by atoms with Crippen molar-refractivity contribution in [1.29, 1.82) is 0 Å². The van der Waals surface area contributed by atoms with E-state index in [4.69, 9.17) is 0 Å². The molecule has 6 nitrogen and oxygen atoms in total. The number of aromatic nitrogens is 2. The lowest BCUT2D eigenvalue weighted by atomic mass is 10.1. The Morgan fingerprint density at radius 2 is 1.83 bits per heavy atom. The summed E-state index contributed by atoms with van der Waals surface area (Å²) in [5.74, 6) is 0.0750. The maximum Gasteiger partial charge on any atom is 0.418 e. The minimum atomic E-state index is -4.56. The van der Waals surface area contributed by atoms with Crippen molar-refractivity contribution in [3.8, 4) is 0 Å². The van der Waals surface area contributed by atoms with Crippen LogP contribution in [0.5, 0.6) is 0 Å². The van der Waals surface area contributed by atoms with E-state index in [0.717, 1.165) is 44.5 Å². The van der Waals surface area contributed by atoms with Crippen LogP contribution < -0.4 is 15.5 Å². The monoisotopic (exact) mass is 403 g/mol. The van der Waals surface area contributed by atoms with Crippen molar-refractivity contribution in [2.45, 2.75) is 12.6 Å². The molecule has 2 N–H and O–H groups in total. The van der Waals surface area contributed by atoms with Crippen LogP contribution in [-0.2, 0) is 6.18 Å². The van der Waals surface area contributed by atoms with Crippen LogP contribution in [0.25, 0.3) is 5.52 Å². The van der Waals surface area contributed by atoms with E-state index >= 15 is 0 Å². The zero-order chi connectivity index (χ0) is 20.4. The maximum atomic E-state index is 13.2. The number of halogens is 3. The van der Waals surface area contributed by atoms with Gasteiger partial charge in [0.1, 0.15) is 11.5 Å². The van der Waals surface area contributed by atoms with E-state index < -0.39 is 17.6 Å². The summed E-state index contributed by atoms with van der Waals surface area (Å²) in [5.41, 5.74) is -0.308. The van der Waals surface area contributed by atoms with Gasteiger partial charge in [0, 0.05) is 19.6 Å². The van der Waals surface area contributed by atoms with Crippen molar-refractivity contribution in [3.63, 3.8) is 0 Å². The Labute approximate surface area is 165 Å². The fraction of sp³-hybridized carbons (Fsp3) is 0.300. The van der Waals surface area contributed by atoms with Gasteiger partial charge in [-0.1, -0.05) is 12.1 Å². The molecule has 1 saturated heterocycles. The number of carbonyl (C=O) groups excluding carboxylic acids is 1. The highest BCUT2D eigenvalue weighted by Crippen LogP contribution is 2.34. The van der Waals surface area contributed by atoms with Gasteiger partial charge in [0.05, 0.1) is 16.8 Å². The molecule has 2 aromatic heterocycles. The minimum absolute atomic E-state index is 0.173. The maximum absolute atomic E-state index is 13.2. The number of nitrogens with zero attached hydrogens (tertiary/aromatic N) is 3. The van der Waals surface area contributed by atoms with Crippen LogP contribution in [-0.4, -0.2) is 41.7 Å². The zero-order valence-electron chi connectivity index (χ0n) is 15.5. The van der Waals surface area contributed by atoms with Gasteiger partial charge in [0.15, 0.2) is 0 Å². The summed E-state index contributed by atoms with van der Waals surface area (Å²) >= 11 is 0. The Balaban J connectivity index is 1.64. The lowest BCUT2D eigenvalue weighted by Gasteiger charge is -2.21. The van der Waals surface area contributed by atoms with E-state index in [0.29, 0.717) is 5.52 Å². The molecule has 3 heterocycles. The van der Waals surface area contributed by atoms with Crippen LogP contribution in [0.3, 0.4) is 0 Å². The number of fused-ring (bicyclic) bond motifs is 1. The molecule has 152 valence electrons. The van der Waals surface area contributed by atoms with E-state index in [-0.39, 0.29) is 11.4 Å². The summed E-state index contributed by atoms with van der Waals surface area (Å²) in [5, 5.41) is 10.3. The molecule has 0 saturated carbocycles. The van der Waals surface area contributed by atoms with E-state index in [9.17, 15) is 18.0 Å². The molecule has 0 bridgehead atoms. The largest absolute Gasteiger partial charge is 0.418 e. The Morgan fingerprint density at radius 3 is 2.66 bits per heavy atom. The Morgan fingerprint density at radius 1 is 1.03 bits per heavy atom. The number of hydrogen-bond acceptors (Lipinski definition) is 4. The number of hydrogen-bond donors (Lipinski definition) is 2. The molecule has 0 radical (unpaired) electrons. The third-order valence-corrected chi connectivity index (χ3v) is 4.87. The molecular weight excluding hydrogens is 383 g/mol. The summed E-state index contributed by atoms with van der Waals surface area (Å²) in [6.07, 6.45) is -3.58. The van der Waals surface area contributed by atoms with Crippen LogP contribution in [0.4, 0.5) is 24.7 Å². The molecule has 4 rings (SSSR count). The third-order valence-electron chi connectivity index (χ3n) is 4.87. The molecule has 0 aliphatic carbocycles. The zero-order valence-corrected chi connectivity index (χ0v) is 15.5. The standard InChI is InChI=1S/C20H20F3N5O/c21-20(22,23)15-4-1-2-5-16(15)25-19(29)17-8-6-14-7-9-18(26-28(14)17)27-12-3-10-24-11-13-27/h1-2,4-9,24H,3,10-13H2,(H,25,29). The number of amides is 1. The Kier molecular flexibility index (Phi) is 5.14. The number of nitrogens with one attached hydrogen (secondary N) is 2. The SMILES string of the molecule is O=C(Nc1ccccc1C(F)(F)F)c1ccc2ccc(N3CCCNCC3)nn12. The van der Waals surface area contributed by atoms with Crippen molar-refractivity contribution in [2.75, 3.05) is 36.4 Å². The van der Waals surface area contributed by atoms with Crippen LogP contribution >= 0.6 is 0 Å². The molecule has 1 aromatic carbocycles. The van der Waals surface area contributed by atoms with Gasteiger partial charge in [-0.2, -0.15) is 13.2 Å². The normalized spacial score (nSPS) is 15.3. The van der Waals surface area contributed by atoms with Crippen molar-refractivity contribution in [2.24, 2.45) is 0 Å². The lowest BCUT2D eigenvalue weighted by Crippen LogP contribution is -2.29. The molecule has 3 aromatic rings. The number of benzene rings is 1. The summed E-state index contributed by atoms with van der Waals surface area (Å²) in [7, 11) is 0. The number of alkyl halides is 3. The van der Waals surface area contributed by atoms with Crippen molar-refractivity contribution in [1.82, 2.24) is 14.9 Å². The van der Waals surface area contributed by atoms with Gasteiger partial charge >= 0.3 is 6.18 Å². The molecular formula is C20H20F3N5O. The summed E-state index contributed by atoms with van der Waals surface area (Å²) < 4.78 is 41.1. The average molecular weight is 403 g/mol. The topological polar surface area (TPSA) is 61.7 Å².